The van der Waals surface area contributed by atoms with Crippen molar-refractivity contribution < 1.29 is 10.2 Å². The Balaban J connectivity index is 0.00000161. The fourth-order valence-corrected chi connectivity index (χ4v) is 2.74. The molecule has 1 saturated carbocycles. The summed E-state index contributed by atoms with van der Waals surface area (Å²) in [5.74, 6) is -0.371. The van der Waals surface area contributed by atoms with E-state index in [4.69, 9.17) is 5.73 Å². The van der Waals surface area contributed by atoms with Crippen molar-refractivity contribution in [1.82, 2.24) is 19.5 Å². The molecular formula is C12H17MgN5O3. The van der Waals surface area contributed by atoms with Crippen molar-refractivity contribution in [3.8, 4) is 0 Å². The van der Waals surface area contributed by atoms with Crippen molar-refractivity contribution in [2.24, 2.45) is 5.92 Å². The second-order valence-electron chi connectivity index (χ2n) is 4.96. The number of imidazole rings is 1. The van der Waals surface area contributed by atoms with E-state index >= 15 is 0 Å². The van der Waals surface area contributed by atoms with Gasteiger partial charge in [-0.2, -0.15) is 4.98 Å². The van der Waals surface area contributed by atoms with Crippen LogP contribution in [0.3, 0.4) is 0 Å². The van der Waals surface area contributed by atoms with Gasteiger partial charge in [-0.1, -0.05) is 6.58 Å². The summed E-state index contributed by atoms with van der Waals surface area (Å²) in [4.78, 5) is 22.2. The lowest BCUT2D eigenvalue weighted by molar-refractivity contribution is 0.101. The largest absolute Gasteiger partial charge is 0.396 e. The molecule has 3 atom stereocenters. The number of aromatic amines is 1. The van der Waals surface area contributed by atoms with Crippen LogP contribution < -0.4 is 11.3 Å². The first-order valence-electron chi connectivity index (χ1n) is 6.23. The molecule has 1 aliphatic carbocycles. The van der Waals surface area contributed by atoms with Crippen molar-refractivity contribution in [3.05, 3.63) is 28.8 Å². The molecule has 1 fully saturated rings. The predicted octanol–water partition coefficient (Wildman–Crippen LogP) is -1.74. The van der Waals surface area contributed by atoms with Crippen LogP contribution in [0.1, 0.15) is 12.5 Å². The van der Waals surface area contributed by atoms with Crippen LogP contribution >= 0.6 is 0 Å². The highest BCUT2D eigenvalue weighted by molar-refractivity contribution is 5.75. The second-order valence-corrected chi connectivity index (χ2v) is 4.96. The summed E-state index contributed by atoms with van der Waals surface area (Å²) in [7, 11) is 0. The SMILES string of the molecule is C=C1[C@H](CO)[C@@H](O)C[C@@H]1n1cnc2c(=O)[nH]c(N)nc21.[MgH2]. The summed E-state index contributed by atoms with van der Waals surface area (Å²) in [5, 5.41) is 19.2. The Hall–Kier alpha value is -1.42. The third kappa shape index (κ3) is 2.46. The number of nitrogen functional groups attached to an aromatic ring is 1. The van der Waals surface area contributed by atoms with Crippen molar-refractivity contribution in [2.45, 2.75) is 18.6 Å². The topological polar surface area (TPSA) is 130 Å². The number of fused-ring (bicyclic) bond motifs is 1. The molecule has 110 valence electrons. The number of anilines is 1. The Bertz CT molecular complexity index is 740. The summed E-state index contributed by atoms with van der Waals surface area (Å²) in [6.07, 6.45) is 1.20. The number of rotatable bonds is 2. The fraction of sp³-hybridized carbons (Fsp3) is 0.417. The molecule has 1 aliphatic rings. The molecule has 8 nitrogen and oxygen atoms in total. The average molecular weight is 304 g/mol. The average Bonchev–Trinajstić information content (AvgIpc) is 2.91. The summed E-state index contributed by atoms with van der Waals surface area (Å²) in [6.45, 7) is 3.76. The van der Waals surface area contributed by atoms with Gasteiger partial charge in [-0.05, 0) is 12.0 Å². The van der Waals surface area contributed by atoms with Crippen LogP contribution in [0, 0.1) is 5.92 Å². The number of nitrogens with two attached hydrogens (primary N) is 1. The van der Waals surface area contributed by atoms with Gasteiger partial charge in [0.2, 0.25) is 5.95 Å². The molecule has 0 amide bonds. The lowest BCUT2D eigenvalue weighted by atomic mass is 10.0. The van der Waals surface area contributed by atoms with E-state index in [0.29, 0.717) is 17.6 Å². The minimum absolute atomic E-state index is 0. The van der Waals surface area contributed by atoms with Gasteiger partial charge in [0.1, 0.15) is 0 Å². The number of aliphatic hydroxyl groups excluding tert-OH is 2. The molecule has 0 aromatic carbocycles. The highest BCUT2D eigenvalue weighted by atomic mass is 24.3. The number of nitrogens with zero attached hydrogens (tertiary/aromatic N) is 3. The molecular weight excluding hydrogens is 286 g/mol. The number of hydrogen-bond donors (Lipinski definition) is 4. The van der Waals surface area contributed by atoms with Gasteiger partial charge in [-0.15, -0.1) is 0 Å². The second kappa shape index (κ2) is 5.76. The van der Waals surface area contributed by atoms with Gasteiger partial charge in [-0.25, -0.2) is 4.98 Å². The van der Waals surface area contributed by atoms with E-state index in [2.05, 4.69) is 21.5 Å². The van der Waals surface area contributed by atoms with Crippen LogP contribution in [-0.2, 0) is 0 Å². The minimum atomic E-state index is -0.672. The Labute approximate surface area is 135 Å². The summed E-state index contributed by atoms with van der Waals surface area (Å²) in [5.41, 5.74) is 6.37. The standard InChI is InChI=1S/C12H15N5O3.Mg.2H/c1-5-6(3-18)8(19)2-7(5)17-4-14-9-10(17)15-12(13)16-11(9)20;;;/h4,6-8,18-19H,1-3H2,(H3,13,15,16,20);;;/t6-,7-,8-;;;/m0.../s1. The molecule has 2 aromatic rings. The fourth-order valence-electron chi connectivity index (χ4n) is 2.74. The van der Waals surface area contributed by atoms with E-state index in [9.17, 15) is 15.0 Å². The maximum absolute atomic E-state index is 11.7. The van der Waals surface area contributed by atoms with Crippen molar-refractivity contribution in [1.29, 1.82) is 0 Å². The number of nitrogens with one attached hydrogen (secondary N) is 1. The first-order chi connectivity index (χ1) is 9.52. The van der Waals surface area contributed by atoms with Crippen molar-refractivity contribution in [2.75, 3.05) is 12.3 Å². The molecule has 0 aliphatic heterocycles. The molecule has 2 aromatic heterocycles. The lowest BCUT2D eigenvalue weighted by Crippen LogP contribution is -2.17. The molecule has 9 heteroatoms. The highest BCUT2D eigenvalue weighted by Crippen LogP contribution is 2.39. The first-order valence-corrected chi connectivity index (χ1v) is 6.23. The van der Waals surface area contributed by atoms with Crippen LogP contribution in [0.4, 0.5) is 5.95 Å². The zero-order chi connectivity index (χ0) is 14.4. The van der Waals surface area contributed by atoms with Gasteiger partial charge in [0.15, 0.2) is 11.2 Å². The molecule has 2 heterocycles. The van der Waals surface area contributed by atoms with Crippen LogP contribution in [0.5, 0.6) is 0 Å². The summed E-state index contributed by atoms with van der Waals surface area (Å²) in [6, 6.07) is -0.263. The lowest BCUT2D eigenvalue weighted by Gasteiger charge is -2.15. The molecule has 0 radical (unpaired) electrons. The zero-order valence-corrected chi connectivity index (χ0v) is 10.7. The Morgan fingerprint density at radius 2 is 2.29 bits per heavy atom. The van der Waals surface area contributed by atoms with E-state index in [0.717, 1.165) is 0 Å². The van der Waals surface area contributed by atoms with E-state index in [1.54, 1.807) is 4.57 Å². The predicted molar refractivity (Wildman–Crippen MR) is 80.5 cm³/mol. The van der Waals surface area contributed by atoms with Gasteiger partial charge < -0.3 is 20.5 Å². The molecule has 3 rings (SSSR count). The summed E-state index contributed by atoms with van der Waals surface area (Å²) < 4.78 is 1.67. The molecule has 0 saturated heterocycles. The first kappa shape index (κ1) is 16.0. The van der Waals surface area contributed by atoms with Gasteiger partial charge >= 0.3 is 23.1 Å². The van der Waals surface area contributed by atoms with Crippen LogP contribution in [0.15, 0.2) is 23.3 Å². The Kier molecular flexibility index (Phi) is 4.37. The van der Waals surface area contributed by atoms with Crippen molar-refractivity contribution in [3.63, 3.8) is 0 Å². The third-order valence-corrected chi connectivity index (χ3v) is 3.82. The minimum Gasteiger partial charge on any atom is -0.396 e. The number of aliphatic hydroxyl groups is 2. The molecule has 21 heavy (non-hydrogen) atoms. The normalized spacial score (nSPS) is 25.2. The smallest absolute Gasteiger partial charge is 0.316 e. The molecule has 0 unspecified atom stereocenters. The summed E-state index contributed by atoms with van der Waals surface area (Å²) >= 11 is 0. The molecule has 5 N–H and O–H groups in total. The van der Waals surface area contributed by atoms with Crippen LogP contribution in [-0.4, -0.2) is 65.5 Å². The maximum Gasteiger partial charge on any atom is 0.316 e. The van der Waals surface area contributed by atoms with Crippen LogP contribution in [0.25, 0.3) is 11.2 Å². The van der Waals surface area contributed by atoms with E-state index < -0.39 is 11.7 Å². The van der Waals surface area contributed by atoms with Crippen LogP contribution in [0.2, 0.25) is 0 Å². The highest BCUT2D eigenvalue weighted by Gasteiger charge is 2.37. The quantitative estimate of drug-likeness (QED) is 0.385. The number of aromatic nitrogens is 4. The number of H-pyrrole nitrogens is 1. The Morgan fingerprint density at radius 3 is 2.90 bits per heavy atom. The van der Waals surface area contributed by atoms with E-state index in [1.165, 1.54) is 6.33 Å². The van der Waals surface area contributed by atoms with Gasteiger partial charge in [0.25, 0.3) is 5.56 Å². The van der Waals surface area contributed by atoms with E-state index in [1.807, 2.05) is 0 Å². The van der Waals surface area contributed by atoms with Crippen molar-refractivity contribution >= 4 is 40.2 Å². The Morgan fingerprint density at radius 1 is 1.57 bits per heavy atom. The number of hydrogen-bond acceptors (Lipinski definition) is 6. The van der Waals surface area contributed by atoms with E-state index in [-0.39, 0.29) is 53.1 Å². The third-order valence-electron chi connectivity index (χ3n) is 3.82. The van der Waals surface area contributed by atoms with Gasteiger partial charge in [0.05, 0.1) is 25.1 Å². The zero-order valence-electron chi connectivity index (χ0n) is 10.7. The van der Waals surface area contributed by atoms with Gasteiger partial charge in [-0.3, -0.25) is 9.78 Å². The molecule has 0 bridgehead atoms. The maximum atomic E-state index is 11.7. The molecule has 0 spiro atoms. The monoisotopic (exact) mass is 303 g/mol. The van der Waals surface area contributed by atoms with Gasteiger partial charge in [0, 0.05) is 5.92 Å².